The van der Waals surface area contributed by atoms with E-state index in [1.54, 1.807) is 6.20 Å². The molecule has 0 aromatic carbocycles. The zero-order valence-corrected chi connectivity index (χ0v) is 11.1. The topological polar surface area (TPSA) is 193 Å². The molecule has 0 aliphatic rings. The van der Waals surface area contributed by atoms with E-state index >= 15 is 0 Å². The van der Waals surface area contributed by atoms with E-state index in [2.05, 4.69) is 9.97 Å². The highest BCUT2D eigenvalue weighted by Crippen LogP contribution is 1.95. The number of carboxylic acid groups (broad SMARTS) is 3. The third-order valence-corrected chi connectivity index (χ3v) is 2.29. The van der Waals surface area contributed by atoms with Gasteiger partial charge in [-0.15, -0.1) is 0 Å². The van der Waals surface area contributed by atoms with Crippen molar-refractivity contribution in [1.29, 1.82) is 0 Å². The summed E-state index contributed by atoms with van der Waals surface area (Å²) in [5.41, 5.74) is 10.9. The van der Waals surface area contributed by atoms with Crippen LogP contribution in [-0.4, -0.2) is 55.3 Å². The van der Waals surface area contributed by atoms with Gasteiger partial charge in [-0.1, -0.05) is 0 Å². The molecule has 0 spiro atoms. The number of imidazole rings is 1. The minimum Gasteiger partial charge on any atom is -0.481 e. The van der Waals surface area contributed by atoms with E-state index in [0.29, 0.717) is 5.69 Å². The van der Waals surface area contributed by atoms with Crippen LogP contribution in [0.2, 0.25) is 0 Å². The van der Waals surface area contributed by atoms with Crippen molar-refractivity contribution < 1.29 is 29.7 Å². The largest absolute Gasteiger partial charge is 0.481 e. The van der Waals surface area contributed by atoms with Crippen molar-refractivity contribution in [3.63, 3.8) is 0 Å². The zero-order valence-electron chi connectivity index (χ0n) is 11.1. The zero-order chi connectivity index (χ0) is 16.4. The second-order valence-corrected chi connectivity index (χ2v) is 4.09. The van der Waals surface area contributed by atoms with Gasteiger partial charge in [0, 0.05) is 19.0 Å². The molecular formula is C11H18N4O6. The van der Waals surface area contributed by atoms with Crippen LogP contribution in [0.3, 0.4) is 0 Å². The molecule has 0 fully saturated rings. The molecule has 0 bridgehead atoms. The Kier molecular flexibility index (Phi) is 8.34. The highest BCUT2D eigenvalue weighted by Gasteiger charge is 2.13. The Morgan fingerprint density at radius 3 is 2.10 bits per heavy atom. The van der Waals surface area contributed by atoms with Crippen molar-refractivity contribution in [1.82, 2.24) is 9.97 Å². The number of nitrogens with two attached hydrogens (primary N) is 2. The summed E-state index contributed by atoms with van der Waals surface area (Å²) in [6.07, 6.45) is 3.16. The SMILES string of the molecule is N[C@@H](CCC(=O)O)C(=O)O.N[C@@H](Cc1c[nH]cn1)C(=O)O. The summed E-state index contributed by atoms with van der Waals surface area (Å²) in [4.78, 5) is 36.7. The third kappa shape index (κ3) is 9.13. The van der Waals surface area contributed by atoms with Gasteiger partial charge in [-0.3, -0.25) is 14.4 Å². The second-order valence-electron chi connectivity index (χ2n) is 4.09. The molecule has 1 aromatic rings. The van der Waals surface area contributed by atoms with Crippen LogP contribution in [0.1, 0.15) is 18.5 Å². The molecule has 0 saturated heterocycles. The maximum Gasteiger partial charge on any atom is 0.320 e. The number of hydrogen-bond acceptors (Lipinski definition) is 6. The third-order valence-electron chi connectivity index (χ3n) is 2.29. The fourth-order valence-corrected chi connectivity index (χ4v) is 1.12. The first kappa shape index (κ1) is 18.5. The lowest BCUT2D eigenvalue weighted by atomic mass is 10.2. The van der Waals surface area contributed by atoms with Crippen LogP contribution in [0.5, 0.6) is 0 Å². The Balaban J connectivity index is 0.000000384. The van der Waals surface area contributed by atoms with Crippen LogP contribution in [-0.2, 0) is 20.8 Å². The number of rotatable bonds is 7. The molecular weight excluding hydrogens is 284 g/mol. The fraction of sp³-hybridized carbons (Fsp3) is 0.455. The average Bonchev–Trinajstić information content (AvgIpc) is 2.89. The second kappa shape index (κ2) is 9.44. The number of aromatic amines is 1. The van der Waals surface area contributed by atoms with E-state index in [0.717, 1.165) is 0 Å². The predicted octanol–water partition coefficient (Wildman–Crippen LogP) is -1.37. The van der Waals surface area contributed by atoms with Gasteiger partial charge < -0.3 is 31.8 Å². The number of hydrogen-bond donors (Lipinski definition) is 6. The quantitative estimate of drug-likeness (QED) is 0.352. The first-order valence-corrected chi connectivity index (χ1v) is 5.90. The molecule has 0 unspecified atom stereocenters. The van der Waals surface area contributed by atoms with Gasteiger partial charge >= 0.3 is 17.9 Å². The standard InChI is InChI=1S/C6H9N3O2.C5H9NO4/c7-5(6(10)11)1-4-2-8-3-9-4;6-3(5(9)10)1-2-4(7)8/h2-3,5H,1,7H2,(H,8,9)(H,10,11);3H,1-2,6H2,(H,7,8)(H,9,10)/t5-;3-/m00/s1. The van der Waals surface area contributed by atoms with Crippen molar-refractivity contribution in [2.75, 3.05) is 0 Å². The Bertz CT molecular complexity index is 461. The molecule has 1 heterocycles. The minimum atomic E-state index is -1.17. The van der Waals surface area contributed by atoms with Gasteiger partial charge in [-0.2, -0.15) is 0 Å². The number of H-pyrrole nitrogens is 1. The number of nitrogens with zero attached hydrogens (tertiary/aromatic N) is 1. The first-order chi connectivity index (χ1) is 9.73. The summed E-state index contributed by atoms with van der Waals surface area (Å²) in [6, 6.07) is -1.92. The molecule has 0 aliphatic carbocycles. The van der Waals surface area contributed by atoms with Crippen LogP contribution in [0, 0.1) is 0 Å². The van der Waals surface area contributed by atoms with Gasteiger partial charge in [0.1, 0.15) is 12.1 Å². The van der Waals surface area contributed by atoms with E-state index in [-0.39, 0.29) is 19.3 Å². The summed E-state index contributed by atoms with van der Waals surface area (Å²) in [5, 5.41) is 24.7. The maximum absolute atomic E-state index is 10.3. The molecule has 10 heteroatoms. The molecule has 118 valence electrons. The van der Waals surface area contributed by atoms with Gasteiger partial charge in [0.2, 0.25) is 0 Å². The summed E-state index contributed by atoms with van der Waals surface area (Å²) in [5.74, 6) is -3.20. The van der Waals surface area contributed by atoms with E-state index in [1.807, 2.05) is 0 Å². The van der Waals surface area contributed by atoms with Crippen LogP contribution >= 0.6 is 0 Å². The van der Waals surface area contributed by atoms with Gasteiger partial charge in [-0.05, 0) is 6.42 Å². The molecule has 2 atom stereocenters. The summed E-state index contributed by atoms with van der Waals surface area (Å²) in [7, 11) is 0. The molecule has 1 aromatic heterocycles. The Labute approximate surface area is 119 Å². The monoisotopic (exact) mass is 302 g/mol. The molecule has 0 saturated carbocycles. The van der Waals surface area contributed by atoms with Gasteiger partial charge in [0.25, 0.3) is 0 Å². The van der Waals surface area contributed by atoms with Crippen LogP contribution in [0.25, 0.3) is 0 Å². The van der Waals surface area contributed by atoms with E-state index < -0.39 is 30.0 Å². The first-order valence-electron chi connectivity index (χ1n) is 5.90. The van der Waals surface area contributed by atoms with Crippen LogP contribution in [0.4, 0.5) is 0 Å². The molecule has 0 radical (unpaired) electrons. The van der Waals surface area contributed by atoms with Gasteiger partial charge in [0.15, 0.2) is 0 Å². The lowest BCUT2D eigenvalue weighted by Gasteiger charge is -2.01. The molecule has 21 heavy (non-hydrogen) atoms. The highest BCUT2D eigenvalue weighted by molar-refractivity contribution is 5.74. The highest BCUT2D eigenvalue weighted by atomic mass is 16.4. The van der Waals surface area contributed by atoms with Crippen LogP contribution < -0.4 is 11.5 Å². The number of carboxylic acids is 3. The van der Waals surface area contributed by atoms with Crippen molar-refractivity contribution in [3.05, 3.63) is 18.2 Å². The Morgan fingerprint density at radius 2 is 1.71 bits per heavy atom. The van der Waals surface area contributed by atoms with E-state index in [1.165, 1.54) is 6.33 Å². The van der Waals surface area contributed by atoms with Crippen molar-refractivity contribution in [2.45, 2.75) is 31.3 Å². The molecule has 0 aliphatic heterocycles. The maximum atomic E-state index is 10.3. The minimum absolute atomic E-state index is 0.0231. The van der Waals surface area contributed by atoms with Crippen molar-refractivity contribution in [3.8, 4) is 0 Å². The fourth-order valence-electron chi connectivity index (χ4n) is 1.12. The van der Waals surface area contributed by atoms with Crippen molar-refractivity contribution >= 4 is 17.9 Å². The molecule has 8 N–H and O–H groups in total. The Hall–Kier alpha value is -2.46. The lowest BCUT2D eigenvalue weighted by Crippen LogP contribution is -2.32. The summed E-state index contributed by atoms with van der Waals surface area (Å²) in [6.45, 7) is 0. The predicted molar refractivity (Wildman–Crippen MR) is 70.4 cm³/mol. The number of aromatic nitrogens is 2. The molecule has 1 rings (SSSR count). The van der Waals surface area contributed by atoms with Crippen molar-refractivity contribution in [2.24, 2.45) is 11.5 Å². The lowest BCUT2D eigenvalue weighted by molar-refractivity contribution is -0.140. The number of aliphatic carboxylic acids is 3. The Morgan fingerprint density at radius 1 is 1.14 bits per heavy atom. The van der Waals surface area contributed by atoms with Gasteiger partial charge in [-0.25, -0.2) is 4.98 Å². The smallest absolute Gasteiger partial charge is 0.320 e. The normalized spacial score (nSPS) is 12.7. The average molecular weight is 302 g/mol. The number of carbonyl (C=O) groups is 3. The van der Waals surface area contributed by atoms with E-state index in [9.17, 15) is 14.4 Å². The van der Waals surface area contributed by atoms with Gasteiger partial charge in [0.05, 0.1) is 12.0 Å². The summed E-state index contributed by atoms with van der Waals surface area (Å²) >= 11 is 0. The number of nitrogens with one attached hydrogen (secondary N) is 1. The molecule has 10 nitrogen and oxygen atoms in total. The van der Waals surface area contributed by atoms with E-state index in [4.69, 9.17) is 26.8 Å². The summed E-state index contributed by atoms with van der Waals surface area (Å²) < 4.78 is 0. The molecule has 0 amide bonds. The van der Waals surface area contributed by atoms with Crippen LogP contribution in [0.15, 0.2) is 12.5 Å².